The number of methoxy groups -OCH3 is 1. The van der Waals surface area contributed by atoms with E-state index in [2.05, 4.69) is 9.55 Å². The lowest BCUT2D eigenvalue weighted by atomic mass is 10.2. The van der Waals surface area contributed by atoms with Gasteiger partial charge in [-0.05, 0) is 42.5 Å². The van der Waals surface area contributed by atoms with Crippen LogP contribution in [0.15, 0.2) is 42.5 Å². The summed E-state index contributed by atoms with van der Waals surface area (Å²) in [5, 5.41) is 0.680. The first-order valence-corrected chi connectivity index (χ1v) is 7.51. The molecule has 3 nitrogen and oxygen atoms in total. The number of aromatic nitrogens is 2. The lowest BCUT2D eigenvalue weighted by Gasteiger charge is -2.09. The molecule has 21 heavy (non-hydrogen) atoms. The van der Waals surface area contributed by atoms with Crippen molar-refractivity contribution in [3.8, 4) is 11.4 Å². The van der Waals surface area contributed by atoms with Gasteiger partial charge < -0.3 is 4.74 Å². The van der Waals surface area contributed by atoms with Gasteiger partial charge in [0, 0.05) is 23.0 Å². The van der Waals surface area contributed by atoms with Crippen LogP contribution in [-0.2, 0) is 6.42 Å². The maximum absolute atomic E-state index is 6.05. The van der Waals surface area contributed by atoms with Gasteiger partial charge in [0.25, 0.3) is 0 Å². The molecule has 0 unspecified atom stereocenters. The molecule has 0 atom stereocenters. The first-order valence-electron chi connectivity index (χ1n) is 6.60. The van der Waals surface area contributed by atoms with Crippen molar-refractivity contribution in [1.29, 1.82) is 0 Å². The molecule has 0 N–H and O–H groups in total. The van der Waals surface area contributed by atoms with Crippen molar-refractivity contribution >= 4 is 34.2 Å². The van der Waals surface area contributed by atoms with E-state index in [0.29, 0.717) is 17.3 Å². The van der Waals surface area contributed by atoms with Crippen molar-refractivity contribution < 1.29 is 4.74 Å². The van der Waals surface area contributed by atoms with E-state index >= 15 is 0 Å². The number of hydrogen-bond acceptors (Lipinski definition) is 2. The van der Waals surface area contributed by atoms with Gasteiger partial charge in [0.05, 0.1) is 18.1 Å². The Morgan fingerprint density at radius 2 is 1.90 bits per heavy atom. The fourth-order valence-electron chi connectivity index (χ4n) is 2.37. The van der Waals surface area contributed by atoms with Gasteiger partial charge in [-0.3, -0.25) is 4.57 Å². The van der Waals surface area contributed by atoms with Crippen molar-refractivity contribution in [2.24, 2.45) is 0 Å². The fraction of sp³-hybridized carbons (Fsp3) is 0.188. The number of imidazole rings is 1. The molecule has 0 radical (unpaired) electrons. The first kappa shape index (κ1) is 14.2. The first-order chi connectivity index (χ1) is 10.2. The summed E-state index contributed by atoms with van der Waals surface area (Å²) in [7, 11) is 1.66. The van der Waals surface area contributed by atoms with E-state index in [-0.39, 0.29) is 0 Å². The molecule has 5 heteroatoms. The monoisotopic (exact) mass is 320 g/mol. The van der Waals surface area contributed by atoms with E-state index in [9.17, 15) is 0 Å². The van der Waals surface area contributed by atoms with Crippen molar-refractivity contribution in [2.45, 2.75) is 6.42 Å². The average Bonchev–Trinajstić information content (AvgIpc) is 2.85. The minimum absolute atomic E-state index is 0.521. The summed E-state index contributed by atoms with van der Waals surface area (Å²) in [5.41, 5.74) is 2.92. The maximum atomic E-state index is 6.05. The standard InChI is InChI=1S/C16H14Cl2N2O/c1-21-13-5-3-12(4-6-13)20-15-7-2-11(18)10-14(15)19-16(20)8-9-17/h2-7,10H,8-9H2,1H3. The summed E-state index contributed by atoms with van der Waals surface area (Å²) in [6, 6.07) is 13.6. The quantitative estimate of drug-likeness (QED) is 0.663. The smallest absolute Gasteiger partial charge is 0.119 e. The Hall–Kier alpha value is -1.71. The van der Waals surface area contributed by atoms with Gasteiger partial charge in [0.15, 0.2) is 0 Å². The second-order valence-electron chi connectivity index (χ2n) is 4.63. The summed E-state index contributed by atoms with van der Waals surface area (Å²) >= 11 is 12.0. The molecule has 2 aromatic carbocycles. The number of halogens is 2. The summed E-state index contributed by atoms with van der Waals surface area (Å²) < 4.78 is 7.31. The molecule has 0 spiro atoms. The molecule has 108 valence electrons. The Balaban J connectivity index is 2.20. The average molecular weight is 321 g/mol. The predicted molar refractivity (Wildman–Crippen MR) is 87.1 cm³/mol. The second kappa shape index (κ2) is 5.96. The highest BCUT2D eigenvalue weighted by Crippen LogP contribution is 2.26. The Bertz CT molecular complexity index is 766. The summed E-state index contributed by atoms with van der Waals surface area (Å²) in [6.07, 6.45) is 0.694. The Kier molecular flexibility index (Phi) is 4.04. The zero-order chi connectivity index (χ0) is 14.8. The van der Waals surface area contributed by atoms with E-state index < -0.39 is 0 Å². The van der Waals surface area contributed by atoms with Gasteiger partial charge in [-0.15, -0.1) is 11.6 Å². The highest BCUT2D eigenvalue weighted by molar-refractivity contribution is 6.31. The highest BCUT2D eigenvalue weighted by atomic mass is 35.5. The lowest BCUT2D eigenvalue weighted by Crippen LogP contribution is -2.02. The predicted octanol–water partition coefficient (Wildman–Crippen LogP) is 4.47. The topological polar surface area (TPSA) is 27.1 Å². The van der Waals surface area contributed by atoms with Gasteiger partial charge in [0.1, 0.15) is 11.6 Å². The number of benzene rings is 2. The largest absolute Gasteiger partial charge is 0.497 e. The van der Waals surface area contributed by atoms with Crippen LogP contribution in [0.4, 0.5) is 0 Å². The van der Waals surface area contributed by atoms with E-state index in [4.69, 9.17) is 27.9 Å². The number of hydrogen-bond donors (Lipinski definition) is 0. The van der Waals surface area contributed by atoms with Crippen LogP contribution in [0.2, 0.25) is 5.02 Å². The SMILES string of the molecule is COc1ccc(-n2c(CCCl)nc3cc(Cl)ccc32)cc1. The Morgan fingerprint density at radius 3 is 2.57 bits per heavy atom. The molecule has 0 saturated carbocycles. The molecule has 3 aromatic rings. The molecule has 3 rings (SSSR count). The zero-order valence-corrected chi connectivity index (χ0v) is 13.0. The number of rotatable bonds is 4. The molecular weight excluding hydrogens is 307 g/mol. The van der Waals surface area contributed by atoms with E-state index in [1.54, 1.807) is 7.11 Å². The van der Waals surface area contributed by atoms with Crippen molar-refractivity contribution in [3.63, 3.8) is 0 Å². The number of ether oxygens (including phenoxy) is 1. The third kappa shape index (κ3) is 2.71. The van der Waals surface area contributed by atoms with Gasteiger partial charge in [-0.1, -0.05) is 11.6 Å². The molecule has 0 aliphatic heterocycles. The number of fused-ring (bicyclic) bond motifs is 1. The van der Waals surface area contributed by atoms with Crippen LogP contribution in [0.1, 0.15) is 5.82 Å². The summed E-state index contributed by atoms with van der Waals surface area (Å²) in [5.74, 6) is 2.27. The third-order valence-corrected chi connectivity index (χ3v) is 3.76. The maximum Gasteiger partial charge on any atom is 0.119 e. The molecule has 0 aliphatic carbocycles. The van der Waals surface area contributed by atoms with Crippen LogP contribution in [0, 0.1) is 0 Å². The van der Waals surface area contributed by atoms with Crippen LogP contribution >= 0.6 is 23.2 Å². The molecule has 0 amide bonds. The molecule has 0 bridgehead atoms. The van der Waals surface area contributed by atoms with Crippen molar-refractivity contribution in [1.82, 2.24) is 9.55 Å². The molecule has 1 heterocycles. The third-order valence-electron chi connectivity index (χ3n) is 3.33. The van der Waals surface area contributed by atoms with Gasteiger partial charge in [-0.25, -0.2) is 4.98 Å². The van der Waals surface area contributed by atoms with Gasteiger partial charge in [-0.2, -0.15) is 0 Å². The number of alkyl halides is 1. The van der Waals surface area contributed by atoms with E-state index in [1.165, 1.54) is 0 Å². The van der Waals surface area contributed by atoms with Crippen molar-refractivity contribution in [3.05, 3.63) is 53.3 Å². The van der Waals surface area contributed by atoms with Crippen LogP contribution in [0.3, 0.4) is 0 Å². The minimum Gasteiger partial charge on any atom is -0.497 e. The highest BCUT2D eigenvalue weighted by Gasteiger charge is 2.12. The molecule has 0 fully saturated rings. The zero-order valence-electron chi connectivity index (χ0n) is 11.5. The molecular formula is C16H14Cl2N2O. The van der Waals surface area contributed by atoms with Crippen LogP contribution in [-0.4, -0.2) is 22.5 Å². The van der Waals surface area contributed by atoms with Gasteiger partial charge in [0.2, 0.25) is 0 Å². The minimum atomic E-state index is 0.521. The summed E-state index contributed by atoms with van der Waals surface area (Å²) in [4.78, 5) is 4.65. The van der Waals surface area contributed by atoms with Crippen LogP contribution < -0.4 is 4.74 Å². The molecule has 0 aliphatic rings. The fourth-order valence-corrected chi connectivity index (χ4v) is 2.71. The number of aryl methyl sites for hydroxylation is 1. The summed E-state index contributed by atoms with van der Waals surface area (Å²) in [6.45, 7) is 0. The van der Waals surface area contributed by atoms with E-state index in [1.807, 2.05) is 42.5 Å². The number of nitrogens with zero attached hydrogens (tertiary/aromatic N) is 2. The van der Waals surface area contributed by atoms with Gasteiger partial charge >= 0.3 is 0 Å². The Labute approximate surface area is 133 Å². The van der Waals surface area contributed by atoms with Crippen LogP contribution in [0.25, 0.3) is 16.7 Å². The second-order valence-corrected chi connectivity index (χ2v) is 5.45. The lowest BCUT2D eigenvalue weighted by molar-refractivity contribution is 0.414. The Morgan fingerprint density at radius 1 is 1.14 bits per heavy atom. The molecule has 0 saturated heterocycles. The van der Waals surface area contributed by atoms with Crippen LogP contribution in [0.5, 0.6) is 5.75 Å². The molecule has 1 aromatic heterocycles. The van der Waals surface area contributed by atoms with Crippen molar-refractivity contribution in [2.75, 3.05) is 13.0 Å². The normalized spacial score (nSPS) is 11.0. The van der Waals surface area contributed by atoms with E-state index in [0.717, 1.165) is 28.3 Å².